The van der Waals surface area contributed by atoms with Crippen LogP contribution in [0.5, 0.6) is 0 Å². The van der Waals surface area contributed by atoms with E-state index in [4.69, 9.17) is 27.6 Å². The number of hydrogen-bond acceptors (Lipinski definition) is 4. The van der Waals surface area contributed by atoms with Gasteiger partial charge in [-0.3, -0.25) is 10.1 Å². The summed E-state index contributed by atoms with van der Waals surface area (Å²) in [6, 6.07) is 6.95. The zero-order chi connectivity index (χ0) is 18.3. The van der Waals surface area contributed by atoms with Crippen LogP contribution in [-0.4, -0.2) is 10.9 Å². The summed E-state index contributed by atoms with van der Waals surface area (Å²) in [6.07, 6.45) is 4.40. The van der Waals surface area contributed by atoms with E-state index in [1.165, 1.54) is 11.3 Å². The molecule has 26 heavy (non-hydrogen) atoms. The molecule has 1 amide bonds. The van der Waals surface area contributed by atoms with Gasteiger partial charge in [-0.2, -0.15) is 0 Å². The molecule has 0 atom stereocenters. The monoisotopic (exact) mass is 406 g/mol. The Morgan fingerprint density at radius 1 is 1.19 bits per heavy atom. The fourth-order valence-corrected chi connectivity index (χ4v) is 4.41. The fraction of sp³-hybridized carbons (Fsp3) is 0.263. The predicted molar refractivity (Wildman–Crippen MR) is 106 cm³/mol. The average molecular weight is 407 g/mol. The lowest BCUT2D eigenvalue weighted by atomic mass is 10.0. The molecule has 0 radical (unpaired) electrons. The molecule has 0 aliphatic heterocycles. The number of carbonyl (C=O) groups excluding carboxylic acids is 1. The highest BCUT2D eigenvalue weighted by molar-refractivity contribution is 7.15. The number of furan rings is 1. The van der Waals surface area contributed by atoms with Crippen LogP contribution in [0.25, 0.3) is 11.3 Å². The number of aromatic nitrogens is 1. The van der Waals surface area contributed by atoms with Gasteiger partial charge in [-0.15, -0.1) is 11.3 Å². The minimum absolute atomic E-state index is 0.219. The largest absolute Gasteiger partial charge is 0.461 e. The molecular formula is C19H16Cl2N2O2S. The first-order valence-corrected chi connectivity index (χ1v) is 9.94. The number of nitrogens with one attached hydrogen (secondary N) is 1. The van der Waals surface area contributed by atoms with Crippen LogP contribution in [0.1, 0.15) is 39.5 Å². The van der Waals surface area contributed by atoms with Crippen molar-refractivity contribution in [1.82, 2.24) is 4.98 Å². The van der Waals surface area contributed by atoms with E-state index in [0.29, 0.717) is 32.3 Å². The fourth-order valence-electron chi connectivity index (χ4n) is 3.07. The lowest BCUT2D eigenvalue weighted by molar-refractivity contribution is 0.102. The highest BCUT2D eigenvalue weighted by Crippen LogP contribution is 2.32. The Hall–Kier alpha value is -1.82. The number of thiazole rings is 1. The number of hydrogen-bond donors (Lipinski definition) is 1. The molecule has 7 heteroatoms. The van der Waals surface area contributed by atoms with E-state index >= 15 is 0 Å². The Bertz CT molecular complexity index is 970. The number of rotatable bonds is 3. The third-order valence-corrected chi connectivity index (χ3v) is 6.24. The first-order chi connectivity index (χ1) is 12.5. The van der Waals surface area contributed by atoms with Crippen LogP contribution >= 0.6 is 34.5 Å². The quantitative estimate of drug-likeness (QED) is 0.567. The molecule has 1 aliphatic carbocycles. The van der Waals surface area contributed by atoms with E-state index in [9.17, 15) is 4.79 Å². The normalized spacial score (nSPS) is 13.5. The van der Waals surface area contributed by atoms with Gasteiger partial charge in [0.15, 0.2) is 5.13 Å². The van der Waals surface area contributed by atoms with E-state index in [0.717, 1.165) is 30.5 Å². The summed E-state index contributed by atoms with van der Waals surface area (Å²) >= 11 is 13.6. The number of fused-ring (bicyclic) bond motifs is 1. The van der Waals surface area contributed by atoms with Crippen molar-refractivity contribution in [3.8, 4) is 11.3 Å². The molecule has 0 fully saturated rings. The maximum atomic E-state index is 12.7. The molecule has 2 aromatic heterocycles. The molecule has 0 unspecified atom stereocenters. The van der Waals surface area contributed by atoms with E-state index in [1.54, 1.807) is 36.5 Å². The Morgan fingerprint density at radius 2 is 2.00 bits per heavy atom. The average Bonchev–Trinajstić information content (AvgIpc) is 3.20. The summed E-state index contributed by atoms with van der Waals surface area (Å²) in [7, 11) is 0. The van der Waals surface area contributed by atoms with Crippen LogP contribution in [0.3, 0.4) is 0 Å². The SMILES string of the molecule is Cc1oc(-c2ccc(Cl)c(Cl)c2)cc1C(=O)Nc1nc2c(s1)CCCC2. The second-order valence-corrected chi connectivity index (χ2v) is 8.16. The lowest BCUT2D eigenvalue weighted by Crippen LogP contribution is -2.12. The topological polar surface area (TPSA) is 55.1 Å². The molecule has 3 aromatic rings. The van der Waals surface area contributed by atoms with Crippen LogP contribution in [-0.2, 0) is 12.8 Å². The molecule has 134 valence electrons. The highest BCUT2D eigenvalue weighted by Gasteiger charge is 2.20. The van der Waals surface area contributed by atoms with Crippen LogP contribution in [0, 0.1) is 6.92 Å². The Morgan fingerprint density at radius 3 is 2.77 bits per heavy atom. The summed E-state index contributed by atoms with van der Waals surface area (Å²) in [5.41, 5.74) is 2.38. The zero-order valence-corrected chi connectivity index (χ0v) is 16.4. The first kappa shape index (κ1) is 17.6. The third kappa shape index (κ3) is 3.39. The molecule has 1 N–H and O–H groups in total. The second-order valence-electron chi connectivity index (χ2n) is 6.26. The van der Waals surface area contributed by atoms with Gasteiger partial charge in [-0.05, 0) is 56.9 Å². The number of benzene rings is 1. The van der Waals surface area contributed by atoms with Crippen molar-refractivity contribution in [3.63, 3.8) is 0 Å². The van der Waals surface area contributed by atoms with E-state index in [-0.39, 0.29) is 5.91 Å². The predicted octanol–water partition coefficient (Wildman–Crippen LogP) is 6.15. The van der Waals surface area contributed by atoms with Gasteiger partial charge in [0.25, 0.3) is 5.91 Å². The molecule has 1 aromatic carbocycles. The van der Waals surface area contributed by atoms with Gasteiger partial charge in [-0.1, -0.05) is 23.2 Å². The summed E-state index contributed by atoms with van der Waals surface area (Å²) in [6.45, 7) is 1.77. The molecule has 4 rings (SSSR count). The molecule has 0 spiro atoms. The van der Waals surface area contributed by atoms with Crippen LogP contribution in [0.4, 0.5) is 5.13 Å². The summed E-state index contributed by atoms with van der Waals surface area (Å²) in [5, 5.41) is 4.47. The van der Waals surface area contributed by atoms with Crippen molar-refractivity contribution in [2.24, 2.45) is 0 Å². The van der Waals surface area contributed by atoms with Gasteiger partial charge in [0.2, 0.25) is 0 Å². The molecule has 0 saturated heterocycles. The van der Waals surface area contributed by atoms with Crippen LogP contribution < -0.4 is 5.32 Å². The standard InChI is InChI=1S/C19H16Cl2N2O2S/c1-10-12(9-16(25-10)11-6-7-13(20)14(21)8-11)18(24)23-19-22-15-4-2-3-5-17(15)26-19/h6-9H,2-5H2,1H3,(H,22,23,24). The summed E-state index contributed by atoms with van der Waals surface area (Å²) < 4.78 is 5.76. The first-order valence-electron chi connectivity index (χ1n) is 8.37. The minimum atomic E-state index is -0.219. The number of nitrogens with zero attached hydrogens (tertiary/aromatic N) is 1. The third-order valence-electron chi connectivity index (χ3n) is 4.43. The highest BCUT2D eigenvalue weighted by atomic mass is 35.5. The molecule has 0 bridgehead atoms. The smallest absolute Gasteiger partial charge is 0.261 e. The van der Waals surface area contributed by atoms with Gasteiger partial charge < -0.3 is 4.42 Å². The Kier molecular flexibility index (Phi) is 4.78. The minimum Gasteiger partial charge on any atom is -0.461 e. The van der Waals surface area contributed by atoms with Crippen molar-refractivity contribution >= 4 is 45.6 Å². The van der Waals surface area contributed by atoms with E-state index in [2.05, 4.69) is 10.3 Å². The number of aryl methyl sites for hydroxylation is 3. The van der Waals surface area contributed by atoms with Crippen LogP contribution in [0.15, 0.2) is 28.7 Å². The van der Waals surface area contributed by atoms with Gasteiger partial charge in [0.1, 0.15) is 11.5 Å². The molecular weight excluding hydrogens is 391 g/mol. The number of amides is 1. The van der Waals surface area contributed by atoms with Crippen molar-refractivity contribution < 1.29 is 9.21 Å². The van der Waals surface area contributed by atoms with Gasteiger partial charge in [0, 0.05) is 10.4 Å². The van der Waals surface area contributed by atoms with Crippen LogP contribution in [0.2, 0.25) is 10.0 Å². The summed E-state index contributed by atoms with van der Waals surface area (Å²) in [5.74, 6) is 0.901. The van der Waals surface area contributed by atoms with Gasteiger partial charge in [-0.25, -0.2) is 4.98 Å². The molecule has 1 aliphatic rings. The van der Waals surface area contributed by atoms with Crippen molar-refractivity contribution in [1.29, 1.82) is 0 Å². The molecule has 4 nitrogen and oxygen atoms in total. The van der Waals surface area contributed by atoms with Gasteiger partial charge in [0.05, 0.1) is 21.3 Å². The Labute approximate surface area is 165 Å². The zero-order valence-electron chi connectivity index (χ0n) is 14.1. The van der Waals surface area contributed by atoms with Gasteiger partial charge >= 0.3 is 0 Å². The summed E-state index contributed by atoms with van der Waals surface area (Å²) in [4.78, 5) is 18.5. The number of halogens is 2. The second kappa shape index (κ2) is 7.06. The molecule has 0 saturated carbocycles. The Balaban J connectivity index is 1.57. The molecule has 2 heterocycles. The van der Waals surface area contributed by atoms with E-state index in [1.807, 2.05) is 6.07 Å². The van der Waals surface area contributed by atoms with Crippen molar-refractivity contribution in [2.45, 2.75) is 32.6 Å². The van der Waals surface area contributed by atoms with Crippen molar-refractivity contribution in [3.05, 3.63) is 56.2 Å². The maximum Gasteiger partial charge on any atom is 0.261 e. The lowest BCUT2D eigenvalue weighted by Gasteiger charge is -2.06. The number of anilines is 1. The maximum absolute atomic E-state index is 12.7. The van der Waals surface area contributed by atoms with Crippen molar-refractivity contribution in [2.75, 3.05) is 5.32 Å². The number of carbonyl (C=O) groups is 1. The van der Waals surface area contributed by atoms with E-state index < -0.39 is 0 Å².